The van der Waals surface area contributed by atoms with Gasteiger partial charge in [-0.1, -0.05) is 29.8 Å². The van der Waals surface area contributed by atoms with Crippen molar-refractivity contribution in [2.24, 2.45) is 4.99 Å². The number of amides is 1. The second-order valence-electron chi connectivity index (χ2n) is 6.39. The Kier molecular flexibility index (Phi) is 12.2. The molecule has 3 N–H and O–H groups in total. The molecule has 0 fully saturated rings. The summed E-state index contributed by atoms with van der Waals surface area (Å²) in [6.07, 6.45) is 0.772. The molecule has 0 aromatic heterocycles. The summed E-state index contributed by atoms with van der Waals surface area (Å²) in [7, 11) is 1.62. The number of carbonyl (C=O) groups excluding carboxylic acids is 1. The van der Waals surface area contributed by atoms with Crippen molar-refractivity contribution in [3.05, 3.63) is 64.2 Å². The van der Waals surface area contributed by atoms with Gasteiger partial charge in [-0.25, -0.2) is 4.99 Å². The molecule has 1 amide bonds. The van der Waals surface area contributed by atoms with Gasteiger partial charge in [0, 0.05) is 30.2 Å². The van der Waals surface area contributed by atoms with Gasteiger partial charge in [0.25, 0.3) is 5.91 Å². The number of ether oxygens (including phenoxy) is 1. The highest BCUT2D eigenvalue weighted by molar-refractivity contribution is 14.0. The number of nitrogens with zero attached hydrogens (tertiary/aromatic N) is 1. The monoisotopic (exact) mass is 544 g/mol. The molecule has 0 unspecified atom stereocenters. The van der Waals surface area contributed by atoms with E-state index in [0.29, 0.717) is 30.2 Å². The summed E-state index contributed by atoms with van der Waals surface area (Å²) in [5.41, 5.74) is 2.74. The third-order valence-corrected chi connectivity index (χ3v) is 4.62. The molecule has 0 spiro atoms. The topological polar surface area (TPSA) is 74.8 Å². The highest BCUT2D eigenvalue weighted by Gasteiger charge is 2.05. The smallest absolute Gasteiger partial charge is 0.251 e. The van der Waals surface area contributed by atoms with Crippen LogP contribution in [0.3, 0.4) is 0 Å². The molecular weight excluding hydrogens is 515 g/mol. The van der Waals surface area contributed by atoms with E-state index in [9.17, 15) is 4.79 Å². The molecule has 0 atom stereocenters. The van der Waals surface area contributed by atoms with Crippen molar-refractivity contribution >= 4 is 47.4 Å². The van der Waals surface area contributed by atoms with E-state index in [1.165, 1.54) is 0 Å². The maximum Gasteiger partial charge on any atom is 0.251 e. The fraction of sp³-hybridized carbons (Fsp3) is 0.364. The summed E-state index contributed by atoms with van der Waals surface area (Å²) in [6, 6.07) is 13.2. The molecule has 0 saturated carbocycles. The van der Waals surface area contributed by atoms with Crippen molar-refractivity contribution in [1.29, 1.82) is 0 Å². The predicted molar refractivity (Wildman–Crippen MR) is 134 cm³/mol. The van der Waals surface area contributed by atoms with E-state index >= 15 is 0 Å². The van der Waals surface area contributed by atoms with Crippen LogP contribution in [0.1, 0.15) is 35.3 Å². The predicted octanol–water partition coefficient (Wildman–Crippen LogP) is 4.01. The molecule has 0 aliphatic rings. The lowest BCUT2D eigenvalue weighted by molar-refractivity contribution is 0.0956. The molecule has 0 aliphatic carbocycles. The third kappa shape index (κ3) is 8.39. The van der Waals surface area contributed by atoms with Crippen LogP contribution >= 0.6 is 35.6 Å². The van der Waals surface area contributed by atoms with Gasteiger partial charge in [-0.15, -0.1) is 24.0 Å². The number of methoxy groups -OCH3 is 1. The number of aliphatic imine (C=N–C) groups is 1. The van der Waals surface area contributed by atoms with E-state index in [1.807, 2.05) is 56.3 Å². The zero-order valence-corrected chi connectivity index (χ0v) is 20.7. The average molecular weight is 545 g/mol. The Hall–Kier alpha value is -2.00. The van der Waals surface area contributed by atoms with Gasteiger partial charge in [0.2, 0.25) is 0 Å². The largest absolute Gasteiger partial charge is 0.497 e. The normalized spacial score (nSPS) is 10.7. The van der Waals surface area contributed by atoms with Crippen LogP contribution in [0, 0.1) is 0 Å². The van der Waals surface area contributed by atoms with Crippen molar-refractivity contribution in [3.8, 4) is 5.75 Å². The molecule has 2 rings (SSSR count). The van der Waals surface area contributed by atoms with Crippen LogP contribution in [0.4, 0.5) is 0 Å². The fourth-order valence-electron chi connectivity index (χ4n) is 2.71. The van der Waals surface area contributed by atoms with Crippen LogP contribution in [0.15, 0.2) is 47.5 Å². The molecule has 2 aromatic carbocycles. The summed E-state index contributed by atoms with van der Waals surface area (Å²) >= 11 is 6.30. The van der Waals surface area contributed by atoms with Gasteiger partial charge in [-0.2, -0.15) is 0 Å². The minimum atomic E-state index is -0.0604. The lowest BCUT2D eigenvalue weighted by Gasteiger charge is -2.12. The zero-order valence-electron chi connectivity index (χ0n) is 17.6. The van der Waals surface area contributed by atoms with Crippen molar-refractivity contribution in [2.75, 3.05) is 26.7 Å². The Morgan fingerprint density at radius 1 is 1.03 bits per heavy atom. The number of rotatable bonds is 9. The molecule has 0 bridgehead atoms. The SMILES string of the molecule is CCNC(=O)c1ccc(CN=C(NCC)NCCc2ccc(OC)cc2Cl)cc1.I. The number of halogens is 2. The first-order valence-electron chi connectivity index (χ1n) is 9.79. The van der Waals surface area contributed by atoms with Crippen molar-refractivity contribution < 1.29 is 9.53 Å². The van der Waals surface area contributed by atoms with E-state index in [2.05, 4.69) is 20.9 Å². The van der Waals surface area contributed by atoms with E-state index in [0.717, 1.165) is 35.8 Å². The Balaban J connectivity index is 0.00000450. The molecule has 2 aromatic rings. The van der Waals surface area contributed by atoms with Gasteiger partial charge in [0.1, 0.15) is 5.75 Å². The lowest BCUT2D eigenvalue weighted by atomic mass is 10.1. The van der Waals surface area contributed by atoms with Crippen LogP contribution in [0.2, 0.25) is 5.02 Å². The molecular formula is C22H30ClIN4O2. The molecule has 0 heterocycles. The molecule has 164 valence electrons. The minimum absolute atomic E-state index is 0. The van der Waals surface area contributed by atoms with E-state index < -0.39 is 0 Å². The van der Waals surface area contributed by atoms with Crippen LogP contribution in [0.25, 0.3) is 0 Å². The molecule has 30 heavy (non-hydrogen) atoms. The Morgan fingerprint density at radius 3 is 2.33 bits per heavy atom. The number of hydrogen-bond acceptors (Lipinski definition) is 3. The summed E-state index contributed by atoms with van der Waals surface area (Å²) in [5, 5.41) is 10.1. The second-order valence-corrected chi connectivity index (χ2v) is 6.79. The Morgan fingerprint density at radius 2 is 1.73 bits per heavy atom. The van der Waals surface area contributed by atoms with Crippen molar-refractivity contribution in [1.82, 2.24) is 16.0 Å². The first-order chi connectivity index (χ1) is 14.1. The standard InChI is InChI=1S/C22H29ClN4O2.HI/c1-4-24-21(28)18-8-6-16(7-9-18)15-27-22(25-5-2)26-13-12-17-10-11-19(29-3)14-20(17)23;/h6-11,14H,4-5,12-13,15H2,1-3H3,(H,24,28)(H2,25,26,27);1H. The van der Waals surface area contributed by atoms with Gasteiger partial charge in [-0.05, 0) is 55.7 Å². The van der Waals surface area contributed by atoms with E-state index in [-0.39, 0.29) is 29.9 Å². The molecule has 0 radical (unpaired) electrons. The highest BCUT2D eigenvalue weighted by Crippen LogP contribution is 2.22. The second kappa shape index (κ2) is 14.1. The first kappa shape index (κ1) is 26.0. The number of guanidine groups is 1. The van der Waals surface area contributed by atoms with Gasteiger partial charge < -0.3 is 20.7 Å². The maximum absolute atomic E-state index is 11.8. The van der Waals surface area contributed by atoms with Gasteiger partial charge in [0.15, 0.2) is 5.96 Å². The zero-order chi connectivity index (χ0) is 21.1. The summed E-state index contributed by atoms with van der Waals surface area (Å²) in [4.78, 5) is 16.4. The average Bonchev–Trinajstić information content (AvgIpc) is 2.73. The Bertz CT molecular complexity index is 828. The highest BCUT2D eigenvalue weighted by atomic mass is 127. The molecule has 8 heteroatoms. The molecule has 0 saturated heterocycles. The van der Waals surface area contributed by atoms with Crippen LogP contribution in [-0.2, 0) is 13.0 Å². The quantitative estimate of drug-likeness (QED) is 0.253. The van der Waals surface area contributed by atoms with Crippen LogP contribution in [-0.4, -0.2) is 38.6 Å². The third-order valence-electron chi connectivity index (χ3n) is 4.26. The van der Waals surface area contributed by atoms with E-state index in [4.69, 9.17) is 16.3 Å². The molecule has 0 aliphatic heterocycles. The van der Waals surface area contributed by atoms with Crippen molar-refractivity contribution in [2.45, 2.75) is 26.8 Å². The van der Waals surface area contributed by atoms with Gasteiger partial charge in [0.05, 0.1) is 13.7 Å². The number of hydrogen-bond donors (Lipinski definition) is 3. The Labute approximate surface area is 200 Å². The number of nitrogens with one attached hydrogen (secondary N) is 3. The molecule has 6 nitrogen and oxygen atoms in total. The number of benzene rings is 2. The van der Waals surface area contributed by atoms with Crippen molar-refractivity contribution in [3.63, 3.8) is 0 Å². The van der Waals surface area contributed by atoms with E-state index in [1.54, 1.807) is 7.11 Å². The minimum Gasteiger partial charge on any atom is -0.497 e. The summed E-state index contributed by atoms with van der Waals surface area (Å²) < 4.78 is 5.18. The van der Waals surface area contributed by atoms with Gasteiger partial charge >= 0.3 is 0 Å². The van der Waals surface area contributed by atoms with Crippen LogP contribution < -0.4 is 20.7 Å². The lowest BCUT2D eigenvalue weighted by Crippen LogP contribution is -2.38. The fourth-order valence-corrected chi connectivity index (χ4v) is 2.97. The number of carbonyl (C=O) groups is 1. The summed E-state index contributed by atoms with van der Waals surface area (Å²) in [6.45, 7) is 6.54. The van der Waals surface area contributed by atoms with Gasteiger partial charge in [-0.3, -0.25) is 4.79 Å². The van der Waals surface area contributed by atoms with Crippen LogP contribution in [0.5, 0.6) is 5.75 Å². The summed E-state index contributed by atoms with van der Waals surface area (Å²) in [5.74, 6) is 1.43. The maximum atomic E-state index is 11.8. The first-order valence-corrected chi connectivity index (χ1v) is 10.2.